The molecule has 2 heterocycles. The standard InChI is InChI=1S/C18H27ClN4O3/c1-20-18(22-4-5-23-6-8-24-9-7-23)21-3-2-14-12-15(19)17-16(13-14)25-10-11-26-17/h12-13H,2-11H2,1H3,(H2,20,21,22). The van der Waals surface area contributed by atoms with Crippen molar-refractivity contribution in [1.82, 2.24) is 15.5 Å². The van der Waals surface area contributed by atoms with Gasteiger partial charge in [-0.25, -0.2) is 0 Å². The van der Waals surface area contributed by atoms with Gasteiger partial charge in [0.05, 0.1) is 18.2 Å². The Bertz CT molecular complexity index is 621. The Kier molecular flexibility index (Phi) is 7.22. The molecular weight excluding hydrogens is 356 g/mol. The van der Waals surface area contributed by atoms with Crippen molar-refractivity contribution in [2.24, 2.45) is 4.99 Å². The molecule has 1 fully saturated rings. The van der Waals surface area contributed by atoms with Crippen molar-refractivity contribution in [3.05, 3.63) is 22.7 Å². The Hall–Kier alpha value is -1.70. The first-order chi connectivity index (χ1) is 12.8. The van der Waals surface area contributed by atoms with Crippen molar-refractivity contribution >= 4 is 17.6 Å². The topological polar surface area (TPSA) is 67.4 Å². The average molecular weight is 383 g/mol. The predicted molar refractivity (Wildman–Crippen MR) is 103 cm³/mol. The molecule has 1 saturated heterocycles. The van der Waals surface area contributed by atoms with E-state index in [0.717, 1.165) is 69.6 Å². The van der Waals surface area contributed by atoms with Gasteiger partial charge in [0.15, 0.2) is 17.5 Å². The minimum Gasteiger partial charge on any atom is -0.486 e. The highest BCUT2D eigenvalue weighted by Gasteiger charge is 2.16. The summed E-state index contributed by atoms with van der Waals surface area (Å²) in [5.41, 5.74) is 1.11. The summed E-state index contributed by atoms with van der Waals surface area (Å²) in [5, 5.41) is 7.29. The van der Waals surface area contributed by atoms with Gasteiger partial charge in [0.1, 0.15) is 13.2 Å². The number of nitrogens with zero attached hydrogens (tertiary/aromatic N) is 2. The molecule has 2 N–H and O–H groups in total. The van der Waals surface area contributed by atoms with E-state index in [9.17, 15) is 0 Å². The molecule has 2 aliphatic heterocycles. The Morgan fingerprint density at radius 1 is 1.12 bits per heavy atom. The van der Waals surface area contributed by atoms with Crippen LogP contribution in [0.15, 0.2) is 17.1 Å². The van der Waals surface area contributed by atoms with Crippen molar-refractivity contribution in [3.8, 4) is 11.5 Å². The van der Waals surface area contributed by atoms with Crippen LogP contribution in [0.5, 0.6) is 11.5 Å². The zero-order valence-electron chi connectivity index (χ0n) is 15.2. The number of aliphatic imine (C=N–C) groups is 1. The molecule has 1 aromatic carbocycles. The number of hydrogen-bond acceptors (Lipinski definition) is 5. The molecule has 0 amide bonds. The Balaban J connectivity index is 1.40. The van der Waals surface area contributed by atoms with E-state index in [1.54, 1.807) is 7.05 Å². The molecule has 0 spiro atoms. The first-order valence-electron chi connectivity index (χ1n) is 9.09. The van der Waals surface area contributed by atoms with E-state index in [4.69, 9.17) is 25.8 Å². The van der Waals surface area contributed by atoms with Crippen molar-refractivity contribution < 1.29 is 14.2 Å². The van der Waals surface area contributed by atoms with E-state index in [-0.39, 0.29) is 0 Å². The molecule has 0 aromatic heterocycles. The van der Waals surface area contributed by atoms with Gasteiger partial charge in [-0.2, -0.15) is 0 Å². The third-order valence-corrected chi connectivity index (χ3v) is 4.69. The fourth-order valence-corrected chi connectivity index (χ4v) is 3.30. The van der Waals surface area contributed by atoms with Gasteiger partial charge >= 0.3 is 0 Å². The maximum absolute atomic E-state index is 6.28. The fourth-order valence-electron chi connectivity index (χ4n) is 3.01. The molecule has 0 radical (unpaired) electrons. The first kappa shape index (κ1) is 19.1. The van der Waals surface area contributed by atoms with Crippen molar-refractivity contribution in [2.45, 2.75) is 6.42 Å². The number of halogens is 1. The van der Waals surface area contributed by atoms with Crippen LogP contribution in [0.1, 0.15) is 5.56 Å². The molecular formula is C18H27ClN4O3. The summed E-state index contributed by atoms with van der Waals surface area (Å²) in [5.74, 6) is 2.18. The summed E-state index contributed by atoms with van der Waals surface area (Å²) in [6, 6.07) is 3.93. The lowest BCUT2D eigenvalue weighted by Crippen LogP contribution is -2.44. The predicted octanol–water partition coefficient (Wildman–Crippen LogP) is 1.15. The third-order valence-electron chi connectivity index (χ3n) is 4.41. The van der Waals surface area contributed by atoms with Crippen LogP contribution in [0.2, 0.25) is 5.02 Å². The van der Waals surface area contributed by atoms with Crippen molar-refractivity contribution in [2.75, 3.05) is 66.2 Å². The number of morpholine rings is 1. The second kappa shape index (κ2) is 9.85. The second-order valence-corrected chi connectivity index (χ2v) is 6.64. The summed E-state index contributed by atoms with van der Waals surface area (Å²) in [6.45, 7) is 7.35. The molecule has 0 saturated carbocycles. The van der Waals surface area contributed by atoms with E-state index < -0.39 is 0 Å². The highest BCUT2D eigenvalue weighted by atomic mass is 35.5. The maximum atomic E-state index is 6.28. The van der Waals surface area contributed by atoms with E-state index >= 15 is 0 Å². The zero-order chi connectivity index (χ0) is 18.2. The van der Waals surface area contributed by atoms with E-state index in [1.807, 2.05) is 12.1 Å². The Labute approximate surface area is 159 Å². The SMILES string of the molecule is CN=C(NCCc1cc(Cl)c2c(c1)OCCO2)NCCN1CCOCC1. The van der Waals surface area contributed by atoms with Gasteiger partial charge in [-0.15, -0.1) is 0 Å². The van der Waals surface area contributed by atoms with Gasteiger partial charge < -0.3 is 24.8 Å². The summed E-state index contributed by atoms with van der Waals surface area (Å²) < 4.78 is 16.5. The maximum Gasteiger partial charge on any atom is 0.191 e. The molecule has 0 atom stereocenters. The lowest BCUT2D eigenvalue weighted by Gasteiger charge is -2.26. The smallest absolute Gasteiger partial charge is 0.191 e. The molecule has 7 nitrogen and oxygen atoms in total. The Morgan fingerprint density at radius 3 is 2.69 bits per heavy atom. The lowest BCUT2D eigenvalue weighted by atomic mass is 10.1. The first-order valence-corrected chi connectivity index (χ1v) is 9.46. The van der Waals surface area contributed by atoms with Gasteiger partial charge in [-0.3, -0.25) is 9.89 Å². The normalized spacial score (nSPS) is 17.8. The van der Waals surface area contributed by atoms with Crippen LogP contribution in [0.25, 0.3) is 0 Å². The van der Waals surface area contributed by atoms with Gasteiger partial charge in [-0.1, -0.05) is 11.6 Å². The number of hydrogen-bond donors (Lipinski definition) is 2. The molecule has 1 aromatic rings. The van der Waals surface area contributed by atoms with Crippen LogP contribution in [0, 0.1) is 0 Å². The third kappa shape index (κ3) is 5.40. The lowest BCUT2D eigenvalue weighted by molar-refractivity contribution is 0.0389. The van der Waals surface area contributed by atoms with Crippen molar-refractivity contribution in [1.29, 1.82) is 0 Å². The van der Waals surface area contributed by atoms with Crippen LogP contribution in [-0.4, -0.2) is 77.1 Å². The second-order valence-electron chi connectivity index (χ2n) is 6.23. The number of rotatable bonds is 6. The van der Waals surface area contributed by atoms with Gasteiger partial charge in [-0.05, 0) is 24.1 Å². The highest BCUT2D eigenvalue weighted by Crippen LogP contribution is 2.38. The minimum absolute atomic E-state index is 0.542. The summed E-state index contributed by atoms with van der Waals surface area (Å²) in [7, 11) is 1.78. The molecule has 0 bridgehead atoms. The van der Waals surface area contributed by atoms with Crippen LogP contribution in [0.4, 0.5) is 0 Å². The molecule has 26 heavy (non-hydrogen) atoms. The van der Waals surface area contributed by atoms with Gasteiger partial charge in [0.25, 0.3) is 0 Å². The molecule has 0 unspecified atom stereocenters. The molecule has 3 rings (SSSR count). The van der Waals surface area contributed by atoms with Gasteiger partial charge in [0, 0.05) is 39.8 Å². The van der Waals surface area contributed by atoms with Crippen LogP contribution in [0.3, 0.4) is 0 Å². The number of guanidine groups is 1. The molecule has 0 aliphatic carbocycles. The monoisotopic (exact) mass is 382 g/mol. The molecule has 2 aliphatic rings. The van der Waals surface area contributed by atoms with Crippen LogP contribution >= 0.6 is 11.6 Å². The average Bonchev–Trinajstić information content (AvgIpc) is 2.68. The summed E-state index contributed by atoms with van der Waals surface area (Å²) in [6.07, 6.45) is 0.820. The van der Waals surface area contributed by atoms with Crippen LogP contribution in [-0.2, 0) is 11.2 Å². The minimum atomic E-state index is 0.542. The van der Waals surface area contributed by atoms with E-state index in [0.29, 0.717) is 24.0 Å². The van der Waals surface area contributed by atoms with Crippen LogP contribution < -0.4 is 20.1 Å². The van der Waals surface area contributed by atoms with Crippen molar-refractivity contribution in [3.63, 3.8) is 0 Å². The number of nitrogens with one attached hydrogen (secondary N) is 2. The molecule has 144 valence electrons. The van der Waals surface area contributed by atoms with E-state index in [2.05, 4.69) is 20.5 Å². The summed E-state index contributed by atoms with van der Waals surface area (Å²) in [4.78, 5) is 6.66. The Morgan fingerprint density at radius 2 is 1.88 bits per heavy atom. The zero-order valence-corrected chi connectivity index (χ0v) is 16.0. The number of ether oxygens (including phenoxy) is 3. The fraction of sp³-hybridized carbons (Fsp3) is 0.611. The van der Waals surface area contributed by atoms with E-state index in [1.165, 1.54) is 0 Å². The quantitative estimate of drug-likeness (QED) is 0.568. The number of benzene rings is 1. The molecule has 8 heteroatoms. The number of fused-ring (bicyclic) bond motifs is 1. The largest absolute Gasteiger partial charge is 0.486 e. The summed E-state index contributed by atoms with van der Waals surface area (Å²) >= 11 is 6.28. The highest BCUT2D eigenvalue weighted by molar-refractivity contribution is 6.32. The van der Waals surface area contributed by atoms with Gasteiger partial charge in [0.2, 0.25) is 0 Å².